The van der Waals surface area contributed by atoms with E-state index in [1.165, 1.54) is 12.1 Å². The monoisotopic (exact) mass is 443 g/mol. The van der Waals surface area contributed by atoms with Crippen molar-refractivity contribution in [2.45, 2.75) is 26.3 Å². The fourth-order valence-electron chi connectivity index (χ4n) is 3.83. The van der Waals surface area contributed by atoms with E-state index in [-0.39, 0.29) is 17.4 Å². The highest BCUT2D eigenvalue weighted by molar-refractivity contribution is 5.95. The predicted octanol–water partition coefficient (Wildman–Crippen LogP) is 5.06. The Kier molecular flexibility index (Phi) is 6.22. The molecular formula is C26H26FN5O. The van der Waals surface area contributed by atoms with Crippen LogP contribution < -0.4 is 11.1 Å². The number of nitrogens with two attached hydrogens (primary N) is 1. The molecule has 2 aromatic heterocycles. The second kappa shape index (κ2) is 9.24. The molecular weight excluding hydrogens is 417 g/mol. The number of carbonyl (C=O) groups excluding carboxylic acids is 1. The first-order chi connectivity index (χ1) is 15.9. The van der Waals surface area contributed by atoms with Gasteiger partial charge in [-0.05, 0) is 42.7 Å². The Labute approximate surface area is 192 Å². The maximum Gasteiger partial charge on any atom is 0.254 e. The molecule has 6 nitrogen and oxygen atoms in total. The second-order valence-electron chi connectivity index (χ2n) is 7.95. The lowest BCUT2D eigenvalue weighted by Gasteiger charge is -2.18. The Hall–Kier alpha value is -4.00. The average molecular weight is 444 g/mol. The largest absolute Gasteiger partial charge is 0.383 e. The van der Waals surface area contributed by atoms with Gasteiger partial charge in [-0.3, -0.25) is 4.79 Å². The molecule has 4 rings (SSSR count). The smallest absolute Gasteiger partial charge is 0.254 e. The number of nitrogens with one attached hydrogen (secondary N) is 1. The number of benzene rings is 2. The number of aryl methyl sites for hydroxylation is 1. The van der Waals surface area contributed by atoms with E-state index in [9.17, 15) is 4.79 Å². The number of anilines is 1. The molecule has 0 spiro atoms. The van der Waals surface area contributed by atoms with Gasteiger partial charge in [0.1, 0.15) is 17.5 Å². The molecule has 1 amide bonds. The number of hydrogen-bond acceptors (Lipinski definition) is 4. The van der Waals surface area contributed by atoms with Crippen LogP contribution in [0.25, 0.3) is 22.4 Å². The van der Waals surface area contributed by atoms with Gasteiger partial charge in [0.25, 0.3) is 5.91 Å². The first-order valence-corrected chi connectivity index (χ1v) is 10.8. The lowest BCUT2D eigenvalue weighted by molar-refractivity contribution is 0.0931. The van der Waals surface area contributed by atoms with Gasteiger partial charge in [0, 0.05) is 24.4 Å². The number of aromatic nitrogens is 3. The molecule has 4 aromatic rings. The molecule has 0 saturated carbocycles. The number of pyridine rings is 1. The Morgan fingerprint density at radius 2 is 1.85 bits per heavy atom. The van der Waals surface area contributed by atoms with Gasteiger partial charge in [-0.2, -0.15) is 0 Å². The van der Waals surface area contributed by atoms with E-state index < -0.39 is 11.7 Å². The van der Waals surface area contributed by atoms with Crippen molar-refractivity contribution in [2.75, 3.05) is 5.73 Å². The average Bonchev–Trinajstić information content (AvgIpc) is 3.16. The van der Waals surface area contributed by atoms with Crippen molar-refractivity contribution in [3.05, 3.63) is 89.8 Å². The van der Waals surface area contributed by atoms with Gasteiger partial charge >= 0.3 is 0 Å². The van der Waals surface area contributed by atoms with Crippen molar-refractivity contribution in [3.8, 4) is 22.4 Å². The summed E-state index contributed by atoms with van der Waals surface area (Å²) in [6.45, 7) is 3.89. The number of halogens is 1. The van der Waals surface area contributed by atoms with Gasteiger partial charge in [-0.15, -0.1) is 0 Å². The van der Waals surface area contributed by atoms with E-state index in [1.54, 1.807) is 18.5 Å². The summed E-state index contributed by atoms with van der Waals surface area (Å²) in [7, 11) is 1.92. The first-order valence-electron chi connectivity index (χ1n) is 10.8. The van der Waals surface area contributed by atoms with Gasteiger partial charge in [-0.25, -0.2) is 14.4 Å². The van der Waals surface area contributed by atoms with Crippen LogP contribution in [0.3, 0.4) is 0 Å². The number of rotatable bonds is 6. The van der Waals surface area contributed by atoms with Gasteiger partial charge in [0.05, 0.1) is 23.5 Å². The molecule has 1 atom stereocenters. The van der Waals surface area contributed by atoms with Crippen LogP contribution in [0.4, 0.5) is 10.2 Å². The molecule has 0 bridgehead atoms. The van der Waals surface area contributed by atoms with E-state index in [2.05, 4.69) is 15.3 Å². The van der Waals surface area contributed by atoms with E-state index >= 15 is 4.39 Å². The van der Waals surface area contributed by atoms with Crippen LogP contribution >= 0.6 is 0 Å². The molecule has 2 aromatic carbocycles. The van der Waals surface area contributed by atoms with Crippen LogP contribution in [0.2, 0.25) is 0 Å². The SMILES string of the molecule is CC[C@@H](NC(=O)c1ccc(-c2cc(-c3cnc(C)n3C)cnc2N)cc1F)c1ccccc1. The highest BCUT2D eigenvalue weighted by Crippen LogP contribution is 2.31. The van der Waals surface area contributed by atoms with Crippen molar-refractivity contribution >= 4 is 11.7 Å². The molecule has 0 fully saturated rings. The minimum atomic E-state index is -0.617. The van der Waals surface area contributed by atoms with Crippen molar-refractivity contribution in [2.24, 2.45) is 7.05 Å². The predicted molar refractivity (Wildman–Crippen MR) is 128 cm³/mol. The number of nitrogens with zero attached hydrogens (tertiary/aromatic N) is 3. The van der Waals surface area contributed by atoms with E-state index in [4.69, 9.17) is 5.73 Å². The third-order valence-corrected chi connectivity index (χ3v) is 5.87. The quantitative estimate of drug-likeness (QED) is 0.436. The molecule has 3 N–H and O–H groups in total. The van der Waals surface area contributed by atoms with Crippen LogP contribution in [0.5, 0.6) is 0 Å². The third kappa shape index (κ3) is 4.48. The number of amides is 1. The van der Waals surface area contributed by atoms with Crippen LogP contribution in [-0.4, -0.2) is 20.4 Å². The minimum absolute atomic E-state index is 0.0157. The maximum absolute atomic E-state index is 15.0. The van der Waals surface area contributed by atoms with Crippen LogP contribution in [0.1, 0.15) is 41.1 Å². The molecule has 33 heavy (non-hydrogen) atoms. The lowest BCUT2D eigenvalue weighted by Crippen LogP contribution is -2.28. The normalized spacial score (nSPS) is 11.9. The zero-order valence-corrected chi connectivity index (χ0v) is 18.8. The number of hydrogen-bond donors (Lipinski definition) is 2. The number of carbonyl (C=O) groups is 1. The van der Waals surface area contributed by atoms with Crippen LogP contribution in [-0.2, 0) is 7.05 Å². The molecule has 0 radical (unpaired) electrons. The molecule has 0 saturated heterocycles. The Balaban J connectivity index is 1.62. The van der Waals surface area contributed by atoms with Gasteiger partial charge in [0.2, 0.25) is 0 Å². The summed E-state index contributed by atoms with van der Waals surface area (Å²) in [5, 5.41) is 2.92. The summed E-state index contributed by atoms with van der Waals surface area (Å²) >= 11 is 0. The molecule has 7 heteroatoms. The highest BCUT2D eigenvalue weighted by Gasteiger charge is 2.18. The summed E-state index contributed by atoms with van der Waals surface area (Å²) < 4.78 is 17.0. The zero-order chi connectivity index (χ0) is 23.5. The van der Waals surface area contributed by atoms with Crippen molar-refractivity contribution in [1.29, 1.82) is 0 Å². The lowest BCUT2D eigenvalue weighted by atomic mass is 10.0. The fraction of sp³-hybridized carbons (Fsp3) is 0.192. The summed E-state index contributed by atoms with van der Waals surface area (Å²) in [5.41, 5.74) is 9.90. The molecule has 2 heterocycles. The molecule has 0 aliphatic heterocycles. The van der Waals surface area contributed by atoms with Crippen molar-refractivity contribution in [3.63, 3.8) is 0 Å². The second-order valence-corrected chi connectivity index (χ2v) is 7.95. The topological polar surface area (TPSA) is 85.8 Å². The Morgan fingerprint density at radius 1 is 1.09 bits per heavy atom. The first kappa shape index (κ1) is 22.2. The maximum atomic E-state index is 15.0. The van der Waals surface area contributed by atoms with Crippen LogP contribution in [0.15, 0.2) is 67.0 Å². The van der Waals surface area contributed by atoms with Gasteiger partial charge in [0.15, 0.2) is 0 Å². The van der Waals surface area contributed by atoms with Crippen LogP contribution in [0, 0.1) is 12.7 Å². The summed E-state index contributed by atoms with van der Waals surface area (Å²) in [4.78, 5) is 21.4. The third-order valence-electron chi connectivity index (χ3n) is 5.87. The number of imidazole rings is 1. The number of nitrogen functional groups attached to an aromatic ring is 1. The molecule has 0 aliphatic rings. The summed E-state index contributed by atoms with van der Waals surface area (Å²) in [6.07, 6.45) is 4.12. The molecule has 0 aliphatic carbocycles. The summed E-state index contributed by atoms with van der Waals surface area (Å²) in [5.74, 6) is 0.0732. The van der Waals surface area contributed by atoms with E-state index in [1.807, 2.05) is 61.9 Å². The van der Waals surface area contributed by atoms with Crippen molar-refractivity contribution < 1.29 is 9.18 Å². The van der Waals surface area contributed by atoms with E-state index in [0.717, 1.165) is 22.6 Å². The molecule has 0 unspecified atom stereocenters. The van der Waals surface area contributed by atoms with Gasteiger partial charge in [-0.1, -0.05) is 43.3 Å². The standard InChI is InChI=1S/C26H26FN5O/c1-4-23(17-8-6-5-7-9-17)31-26(33)20-11-10-18(13-22(20)27)21-12-19(14-30-25(21)28)24-15-29-16(2)32(24)3/h5-15,23H,4H2,1-3H3,(H2,28,30)(H,31,33)/t23-/m1/s1. The fourth-order valence-corrected chi connectivity index (χ4v) is 3.83. The minimum Gasteiger partial charge on any atom is -0.383 e. The highest BCUT2D eigenvalue weighted by atomic mass is 19.1. The summed E-state index contributed by atoms with van der Waals surface area (Å²) in [6, 6.07) is 15.8. The Bertz CT molecular complexity index is 1300. The van der Waals surface area contributed by atoms with Gasteiger partial charge < -0.3 is 15.6 Å². The van der Waals surface area contributed by atoms with E-state index in [0.29, 0.717) is 17.5 Å². The Morgan fingerprint density at radius 3 is 2.48 bits per heavy atom. The van der Waals surface area contributed by atoms with Crippen molar-refractivity contribution in [1.82, 2.24) is 19.9 Å². The zero-order valence-electron chi connectivity index (χ0n) is 18.8. The molecule has 168 valence electrons.